The fourth-order valence-electron chi connectivity index (χ4n) is 4.91. The highest BCUT2D eigenvalue weighted by atomic mass is 31.2. The number of hydrogen-bond acceptors (Lipinski definition) is 7. The number of carbonyl (C=O) groups is 2. The monoisotopic (exact) mass is 703 g/mol. The first-order valence-corrected chi connectivity index (χ1v) is 20.6. The second kappa shape index (κ2) is 31.5. The third-order valence-corrected chi connectivity index (χ3v) is 8.97. The van der Waals surface area contributed by atoms with Crippen LogP contribution in [0.25, 0.3) is 0 Å². The van der Waals surface area contributed by atoms with Crippen molar-refractivity contribution in [3.05, 3.63) is 24.3 Å². The van der Waals surface area contributed by atoms with Gasteiger partial charge in [-0.3, -0.25) is 18.6 Å². The van der Waals surface area contributed by atoms with Crippen LogP contribution < -0.4 is 0 Å². The Morgan fingerprint density at radius 2 is 1.15 bits per heavy atom. The highest BCUT2D eigenvalue weighted by molar-refractivity contribution is 7.47. The molecule has 0 heterocycles. The molecule has 0 aliphatic carbocycles. The van der Waals surface area contributed by atoms with Crippen molar-refractivity contribution in [3.63, 3.8) is 0 Å². The molecular formula is C38H73NO8P+. The number of allylic oxidation sites excluding steroid dienone is 4. The third-order valence-electron chi connectivity index (χ3n) is 7.98. The lowest BCUT2D eigenvalue weighted by Crippen LogP contribution is -2.37. The van der Waals surface area contributed by atoms with E-state index in [0.717, 1.165) is 64.2 Å². The summed E-state index contributed by atoms with van der Waals surface area (Å²) in [5.74, 6) is -0.816. The summed E-state index contributed by atoms with van der Waals surface area (Å²) in [5.41, 5.74) is 0. The van der Waals surface area contributed by atoms with Crippen LogP contribution in [0.1, 0.15) is 155 Å². The van der Waals surface area contributed by atoms with Crippen LogP contribution >= 0.6 is 7.82 Å². The van der Waals surface area contributed by atoms with Crippen molar-refractivity contribution < 1.29 is 42.1 Å². The van der Waals surface area contributed by atoms with Crippen LogP contribution in [0.4, 0.5) is 0 Å². The van der Waals surface area contributed by atoms with Gasteiger partial charge in [0.25, 0.3) is 0 Å². The van der Waals surface area contributed by atoms with E-state index in [1.807, 2.05) is 21.1 Å². The second-order valence-corrected chi connectivity index (χ2v) is 15.4. The molecule has 0 fully saturated rings. The van der Waals surface area contributed by atoms with Crippen LogP contribution in [0.3, 0.4) is 0 Å². The van der Waals surface area contributed by atoms with Crippen molar-refractivity contribution in [2.24, 2.45) is 0 Å². The summed E-state index contributed by atoms with van der Waals surface area (Å²) >= 11 is 0. The van der Waals surface area contributed by atoms with Gasteiger partial charge in [-0.05, 0) is 38.5 Å². The molecule has 0 rings (SSSR count). The molecule has 0 amide bonds. The molecule has 2 atom stereocenters. The zero-order valence-corrected chi connectivity index (χ0v) is 32.4. The van der Waals surface area contributed by atoms with Crippen LogP contribution in [-0.2, 0) is 32.7 Å². The summed E-state index contributed by atoms with van der Waals surface area (Å²) in [7, 11) is 1.47. The van der Waals surface area contributed by atoms with Gasteiger partial charge >= 0.3 is 19.8 Å². The summed E-state index contributed by atoms with van der Waals surface area (Å²) in [6.45, 7) is 4.33. The lowest BCUT2D eigenvalue weighted by molar-refractivity contribution is -0.870. The Morgan fingerprint density at radius 3 is 1.71 bits per heavy atom. The predicted molar refractivity (Wildman–Crippen MR) is 197 cm³/mol. The van der Waals surface area contributed by atoms with Crippen molar-refractivity contribution >= 4 is 19.8 Å². The molecule has 0 saturated heterocycles. The molecule has 1 unspecified atom stereocenters. The Bertz CT molecular complexity index is 886. The van der Waals surface area contributed by atoms with Crippen LogP contribution in [0, 0.1) is 0 Å². The van der Waals surface area contributed by atoms with E-state index in [0.29, 0.717) is 17.4 Å². The number of phosphoric ester groups is 1. The van der Waals surface area contributed by atoms with Gasteiger partial charge < -0.3 is 18.9 Å². The highest BCUT2D eigenvalue weighted by Gasteiger charge is 2.27. The van der Waals surface area contributed by atoms with Crippen molar-refractivity contribution in [2.45, 2.75) is 161 Å². The Morgan fingerprint density at radius 1 is 0.646 bits per heavy atom. The zero-order valence-electron chi connectivity index (χ0n) is 31.5. The minimum atomic E-state index is -4.37. The molecule has 282 valence electrons. The number of hydrogen-bond donors (Lipinski definition) is 1. The van der Waals surface area contributed by atoms with Crippen molar-refractivity contribution in [3.8, 4) is 0 Å². The van der Waals surface area contributed by atoms with Gasteiger partial charge in [0.1, 0.15) is 19.8 Å². The second-order valence-electron chi connectivity index (χ2n) is 14.0. The summed E-state index contributed by atoms with van der Waals surface area (Å²) in [6, 6.07) is 0. The van der Waals surface area contributed by atoms with Gasteiger partial charge in [0.2, 0.25) is 0 Å². The van der Waals surface area contributed by atoms with E-state index in [1.54, 1.807) is 0 Å². The quantitative estimate of drug-likeness (QED) is 0.0232. The lowest BCUT2D eigenvalue weighted by atomic mass is 10.1. The molecule has 0 aliphatic rings. The minimum absolute atomic E-state index is 0.0301. The third kappa shape index (κ3) is 34.4. The average Bonchev–Trinajstić information content (AvgIpc) is 3.02. The number of unbranched alkanes of at least 4 members (excludes halogenated alkanes) is 16. The molecule has 0 aliphatic heterocycles. The number of esters is 2. The molecule has 0 aromatic carbocycles. The van der Waals surface area contributed by atoms with E-state index in [1.165, 1.54) is 57.8 Å². The van der Waals surface area contributed by atoms with E-state index >= 15 is 0 Å². The number of nitrogens with zero attached hydrogens (tertiary/aromatic N) is 1. The fourth-order valence-corrected chi connectivity index (χ4v) is 5.65. The van der Waals surface area contributed by atoms with E-state index in [4.69, 9.17) is 18.5 Å². The number of phosphoric acid groups is 1. The van der Waals surface area contributed by atoms with Gasteiger partial charge in [0.15, 0.2) is 6.10 Å². The average molecular weight is 703 g/mol. The molecule has 0 radical (unpaired) electrons. The zero-order chi connectivity index (χ0) is 35.8. The SMILES string of the molecule is CCCC/C=C\C/C=C\CCCCCCCC(=O)O[C@H](COC(=O)CCCCCCCCCCCC)COP(=O)(O)OCC[N+](C)(C)C. The molecule has 0 saturated carbocycles. The maximum absolute atomic E-state index is 12.6. The van der Waals surface area contributed by atoms with Gasteiger partial charge in [-0.15, -0.1) is 0 Å². The molecule has 0 spiro atoms. The fraction of sp³-hybridized carbons (Fsp3) is 0.842. The molecule has 9 nitrogen and oxygen atoms in total. The lowest BCUT2D eigenvalue weighted by Gasteiger charge is -2.24. The van der Waals surface area contributed by atoms with Gasteiger partial charge in [0.05, 0.1) is 27.7 Å². The first-order chi connectivity index (χ1) is 23.0. The van der Waals surface area contributed by atoms with Gasteiger partial charge in [-0.2, -0.15) is 0 Å². The van der Waals surface area contributed by atoms with E-state index in [9.17, 15) is 19.0 Å². The molecular weight excluding hydrogens is 629 g/mol. The number of ether oxygens (including phenoxy) is 2. The van der Waals surface area contributed by atoms with Gasteiger partial charge in [-0.25, -0.2) is 4.57 Å². The number of likely N-dealkylation sites (N-methyl/N-ethyl adjacent to an activating group) is 1. The summed E-state index contributed by atoms with van der Waals surface area (Å²) in [6.07, 6.45) is 30.8. The maximum atomic E-state index is 12.6. The first kappa shape index (κ1) is 46.5. The van der Waals surface area contributed by atoms with Crippen LogP contribution in [0.15, 0.2) is 24.3 Å². The number of quaternary nitrogens is 1. The van der Waals surface area contributed by atoms with Crippen molar-refractivity contribution in [1.82, 2.24) is 0 Å². The number of rotatable bonds is 34. The maximum Gasteiger partial charge on any atom is 0.472 e. The summed E-state index contributed by atoms with van der Waals surface area (Å²) < 4.78 is 34.1. The Kier molecular flexibility index (Phi) is 30.5. The molecule has 0 aromatic heterocycles. The normalized spacial score (nSPS) is 14.0. The number of carbonyl (C=O) groups excluding carboxylic acids is 2. The largest absolute Gasteiger partial charge is 0.472 e. The minimum Gasteiger partial charge on any atom is -0.462 e. The molecule has 0 aromatic rings. The topological polar surface area (TPSA) is 108 Å². The van der Waals surface area contributed by atoms with Crippen molar-refractivity contribution in [1.29, 1.82) is 0 Å². The smallest absolute Gasteiger partial charge is 0.462 e. The van der Waals surface area contributed by atoms with Crippen LogP contribution in [0.5, 0.6) is 0 Å². The van der Waals surface area contributed by atoms with E-state index in [-0.39, 0.29) is 32.0 Å². The summed E-state index contributed by atoms with van der Waals surface area (Å²) in [5, 5.41) is 0. The highest BCUT2D eigenvalue weighted by Crippen LogP contribution is 2.43. The Balaban J connectivity index is 4.47. The summed E-state index contributed by atoms with van der Waals surface area (Å²) in [4.78, 5) is 35.1. The molecule has 1 N–H and O–H groups in total. The molecule has 0 bridgehead atoms. The van der Waals surface area contributed by atoms with E-state index in [2.05, 4.69) is 38.2 Å². The van der Waals surface area contributed by atoms with Crippen LogP contribution in [-0.4, -0.2) is 74.9 Å². The Labute approximate surface area is 294 Å². The predicted octanol–water partition coefficient (Wildman–Crippen LogP) is 10.0. The standard InChI is InChI=1S/C38H72NO8P/c1-6-8-10-12-14-16-18-19-20-21-23-25-27-29-31-38(41)47-36(35-46-48(42,43)45-33-32-39(3,4)5)34-44-37(40)30-28-26-24-22-17-15-13-11-9-7-2/h12,14,18-19,36H,6-11,13,15-17,20-35H2,1-5H3/p+1/b14-12-,19-18-/t36-/m1/s1. The van der Waals surface area contributed by atoms with Crippen LogP contribution in [0.2, 0.25) is 0 Å². The first-order valence-electron chi connectivity index (χ1n) is 19.1. The Hall–Kier alpha value is -1.51. The van der Waals surface area contributed by atoms with Gasteiger partial charge in [0, 0.05) is 12.8 Å². The van der Waals surface area contributed by atoms with Crippen molar-refractivity contribution in [2.75, 3.05) is 47.5 Å². The van der Waals surface area contributed by atoms with E-state index < -0.39 is 26.5 Å². The molecule has 10 heteroatoms. The molecule has 48 heavy (non-hydrogen) atoms. The van der Waals surface area contributed by atoms with Gasteiger partial charge in [-0.1, -0.05) is 128 Å².